The van der Waals surface area contributed by atoms with E-state index in [9.17, 15) is 4.79 Å². The standard InChI is InChI=1S/C27H30N2O4/c30-27(19-28-25-10-4-5-11-26(25)33-20-24-9-6-17-31-24)29-22-12-14-23(15-13-22)32-18-16-21-7-2-1-3-8-21/h1-5,7-8,10-15,24,28H,6,9,16-20H2,(H,29,30). The number of hydrogen-bond acceptors (Lipinski definition) is 5. The van der Waals surface area contributed by atoms with Crippen LogP contribution >= 0.6 is 0 Å². The zero-order chi connectivity index (χ0) is 22.7. The van der Waals surface area contributed by atoms with Crippen molar-refractivity contribution in [3.63, 3.8) is 0 Å². The zero-order valence-corrected chi connectivity index (χ0v) is 18.7. The van der Waals surface area contributed by atoms with E-state index < -0.39 is 0 Å². The number of carbonyl (C=O) groups is 1. The molecule has 3 aromatic rings. The molecule has 172 valence electrons. The predicted octanol–water partition coefficient (Wildman–Crippen LogP) is 4.92. The fourth-order valence-corrected chi connectivity index (χ4v) is 3.64. The number of nitrogens with one attached hydrogen (secondary N) is 2. The Morgan fingerprint density at radius 2 is 1.73 bits per heavy atom. The predicted molar refractivity (Wildman–Crippen MR) is 130 cm³/mol. The molecule has 0 radical (unpaired) electrons. The van der Waals surface area contributed by atoms with E-state index in [2.05, 4.69) is 22.8 Å². The second kappa shape index (κ2) is 11.9. The number of para-hydroxylation sites is 2. The molecule has 0 aliphatic carbocycles. The van der Waals surface area contributed by atoms with Crippen LogP contribution in [0.4, 0.5) is 11.4 Å². The van der Waals surface area contributed by atoms with Gasteiger partial charge in [0.2, 0.25) is 5.91 Å². The molecule has 0 aromatic heterocycles. The fourth-order valence-electron chi connectivity index (χ4n) is 3.64. The number of benzene rings is 3. The van der Waals surface area contributed by atoms with Crippen molar-refractivity contribution < 1.29 is 19.0 Å². The Morgan fingerprint density at radius 3 is 2.52 bits per heavy atom. The van der Waals surface area contributed by atoms with Gasteiger partial charge in [-0.15, -0.1) is 0 Å². The van der Waals surface area contributed by atoms with Crippen molar-refractivity contribution in [2.75, 3.05) is 37.0 Å². The summed E-state index contributed by atoms with van der Waals surface area (Å²) in [6.07, 6.45) is 3.10. The van der Waals surface area contributed by atoms with Crippen LogP contribution in [-0.2, 0) is 16.0 Å². The molecule has 4 rings (SSSR count). The van der Waals surface area contributed by atoms with Gasteiger partial charge in [0.25, 0.3) is 0 Å². The lowest BCUT2D eigenvalue weighted by molar-refractivity contribution is -0.114. The maximum Gasteiger partial charge on any atom is 0.243 e. The van der Waals surface area contributed by atoms with E-state index in [1.807, 2.05) is 66.7 Å². The Labute approximate surface area is 194 Å². The van der Waals surface area contributed by atoms with Crippen LogP contribution in [0.3, 0.4) is 0 Å². The van der Waals surface area contributed by atoms with E-state index in [-0.39, 0.29) is 18.6 Å². The molecule has 1 fully saturated rings. The van der Waals surface area contributed by atoms with Gasteiger partial charge >= 0.3 is 0 Å². The van der Waals surface area contributed by atoms with Gasteiger partial charge in [0.1, 0.15) is 18.1 Å². The molecule has 1 heterocycles. The average molecular weight is 447 g/mol. The second-order valence-corrected chi connectivity index (χ2v) is 7.95. The zero-order valence-electron chi connectivity index (χ0n) is 18.7. The first kappa shape index (κ1) is 22.7. The third-order valence-electron chi connectivity index (χ3n) is 5.42. The molecule has 1 atom stereocenters. The van der Waals surface area contributed by atoms with Crippen LogP contribution in [0.25, 0.3) is 0 Å². The first-order chi connectivity index (χ1) is 16.3. The maximum absolute atomic E-state index is 12.4. The van der Waals surface area contributed by atoms with Gasteiger partial charge in [0.15, 0.2) is 0 Å². The molecule has 33 heavy (non-hydrogen) atoms. The maximum atomic E-state index is 12.4. The Balaban J connectivity index is 1.20. The molecule has 1 aliphatic rings. The van der Waals surface area contributed by atoms with Crippen LogP contribution in [0.15, 0.2) is 78.9 Å². The minimum atomic E-state index is -0.137. The van der Waals surface area contributed by atoms with E-state index in [1.165, 1.54) is 5.56 Å². The Kier molecular flexibility index (Phi) is 8.19. The summed E-state index contributed by atoms with van der Waals surface area (Å²) in [5, 5.41) is 6.06. The number of amides is 1. The third kappa shape index (κ3) is 7.26. The Hall–Kier alpha value is -3.51. The molecule has 0 bridgehead atoms. The van der Waals surface area contributed by atoms with Crippen molar-refractivity contribution in [3.05, 3.63) is 84.4 Å². The highest BCUT2D eigenvalue weighted by Crippen LogP contribution is 2.25. The molecule has 2 N–H and O–H groups in total. The lowest BCUT2D eigenvalue weighted by Gasteiger charge is -2.15. The summed E-state index contributed by atoms with van der Waals surface area (Å²) in [7, 11) is 0. The molecule has 0 saturated carbocycles. The van der Waals surface area contributed by atoms with Crippen molar-refractivity contribution in [1.29, 1.82) is 0 Å². The molecular formula is C27H30N2O4. The van der Waals surface area contributed by atoms with Gasteiger partial charge in [-0.1, -0.05) is 42.5 Å². The summed E-state index contributed by atoms with van der Waals surface area (Å²) >= 11 is 0. The summed E-state index contributed by atoms with van der Waals surface area (Å²) in [5.41, 5.74) is 2.75. The highest BCUT2D eigenvalue weighted by atomic mass is 16.5. The van der Waals surface area contributed by atoms with Crippen LogP contribution < -0.4 is 20.1 Å². The Morgan fingerprint density at radius 1 is 0.939 bits per heavy atom. The lowest BCUT2D eigenvalue weighted by Crippen LogP contribution is -2.22. The van der Waals surface area contributed by atoms with E-state index >= 15 is 0 Å². The van der Waals surface area contributed by atoms with E-state index in [0.29, 0.717) is 13.2 Å². The second-order valence-electron chi connectivity index (χ2n) is 7.95. The van der Waals surface area contributed by atoms with Gasteiger partial charge in [-0.3, -0.25) is 4.79 Å². The summed E-state index contributed by atoms with van der Waals surface area (Å²) in [6, 6.07) is 25.3. The highest BCUT2D eigenvalue weighted by Gasteiger charge is 2.16. The van der Waals surface area contributed by atoms with Crippen LogP contribution in [0.1, 0.15) is 18.4 Å². The van der Waals surface area contributed by atoms with Crippen molar-refractivity contribution >= 4 is 17.3 Å². The largest absolute Gasteiger partial charge is 0.493 e. The average Bonchev–Trinajstić information content (AvgIpc) is 3.37. The van der Waals surface area contributed by atoms with Crippen LogP contribution in [0.5, 0.6) is 11.5 Å². The van der Waals surface area contributed by atoms with E-state index in [4.69, 9.17) is 14.2 Å². The smallest absolute Gasteiger partial charge is 0.243 e. The number of ether oxygens (including phenoxy) is 3. The molecular weight excluding hydrogens is 416 g/mol. The number of anilines is 2. The van der Waals surface area contributed by atoms with Crippen LogP contribution in [0.2, 0.25) is 0 Å². The molecule has 1 amide bonds. The summed E-state index contributed by atoms with van der Waals surface area (Å²) in [6.45, 7) is 2.06. The number of carbonyl (C=O) groups excluding carboxylic acids is 1. The lowest BCUT2D eigenvalue weighted by atomic mass is 10.2. The quantitative estimate of drug-likeness (QED) is 0.438. The molecule has 1 saturated heterocycles. The fraction of sp³-hybridized carbons (Fsp3) is 0.296. The minimum absolute atomic E-state index is 0.135. The van der Waals surface area contributed by atoms with Gasteiger partial charge in [0, 0.05) is 18.7 Å². The van der Waals surface area contributed by atoms with Crippen LogP contribution in [0, 0.1) is 0 Å². The molecule has 6 nitrogen and oxygen atoms in total. The minimum Gasteiger partial charge on any atom is -0.493 e. The van der Waals surface area contributed by atoms with Crippen molar-refractivity contribution in [2.45, 2.75) is 25.4 Å². The molecule has 3 aromatic carbocycles. The summed E-state index contributed by atoms with van der Waals surface area (Å²) in [5.74, 6) is 1.36. The number of rotatable bonds is 11. The first-order valence-corrected chi connectivity index (χ1v) is 11.4. The SMILES string of the molecule is O=C(CNc1ccccc1OCC1CCCO1)Nc1ccc(OCCc2ccccc2)cc1. The molecule has 6 heteroatoms. The summed E-state index contributed by atoms with van der Waals surface area (Å²) in [4.78, 5) is 12.4. The third-order valence-corrected chi connectivity index (χ3v) is 5.42. The highest BCUT2D eigenvalue weighted by molar-refractivity contribution is 5.94. The van der Waals surface area contributed by atoms with Gasteiger partial charge in [-0.2, -0.15) is 0 Å². The Bertz CT molecular complexity index is 1000. The van der Waals surface area contributed by atoms with Gasteiger partial charge in [-0.25, -0.2) is 0 Å². The van der Waals surface area contributed by atoms with E-state index in [1.54, 1.807) is 0 Å². The van der Waals surface area contributed by atoms with Crippen molar-refractivity contribution in [1.82, 2.24) is 0 Å². The summed E-state index contributed by atoms with van der Waals surface area (Å²) < 4.78 is 17.3. The number of hydrogen-bond donors (Lipinski definition) is 2. The normalized spacial score (nSPS) is 15.1. The van der Waals surface area contributed by atoms with Gasteiger partial charge < -0.3 is 24.8 Å². The molecule has 1 aliphatic heterocycles. The van der Waals surface area contributed by atoms with E-state index in [0.717, 1.165) is 48.7 Å². The molecule has 1 unspecified atom stereocenters. The topological polar surface area (TPSA) is 68.8 Å². The van der Waals surface area contributed by atoms with Crippen molar-refractivity contribution in [2.24, 2.45) is 0 Å². The van der Waals surface area contributed by atoms with Crippen molar-refractivity contribution in [3.8, 4) is 11.5 Å². The molecule has 0 spiro atoms. The monoisotopic (exact) mass is 446 g/mol. The van der Waals surface area contributed by atoms with Gasteiger partial charge in [0.05, 0.1) is 24.9 Å². The van der Waals surface area contributed by atoms with Gasteiger partial charge in [-0.05, 0) is 54.8 Å². The first-order valence-electron chi connectivity index (χ1n) is 11.4. The van der Waals surface area contributed by atoms with Crippen LogP contribution in [-0.4, -0.2) is 38.4 Å².